The molecule has 30 heteroatoms. The summed E-state index contributed by atoms with van der Waals surface area (Å²) in [7, 11) is 0. The number of rotatable bonds is 14. The van der Waals surface area contributed by atoms with Gasteiger partial charge >= 0.3 is 30.2 Å². The largest absolute Gasteiger partial charge is 0.352 e. The third-order valence-corrected chi connectivity index (χ3v) is 26.3. The third-order valence-electron chi connectivity index (χ3n) is 24.8. The van der Waals surface area contributed by atoms with Crippen molar-refractivity contribution in [3.63, 3.8) is 0 Å². The van der Waals surface area contributed by atoms with Crippen LogP contribution in [0.1, 0.15) is 159 Å². The van der Waals surface area contributed by atoms with Crippen molar-refractivity contribution in [3.05, 3.63) is 266 Å². The molecule has 0 spiro atoms. The van der Waals surface area contributed by atoms with E-state index in [0.29, 0.717) is 117 Å². The Morgan fingerprint density at radius 3 is 1.00 bits per heavy atom. The molecule has 10 heterocycles. The Hall–Kier alpha value is -11.5. The molecule has 1 aliphatic carbocycles. The lowest BCUT2D eigenvalue weighted by Gasteiger charge is -2.35. The zero-order valence-corrected chi connectivity index (χ0v) is 81.7. The van der Waals surface area contributed by atoms with E-state index in [9.17, 15) is 28.4 Å². The predicted octanol–water partition coefficient (Wildman–Crippen LogP) is 22.6. The summed E-state index contributed by atoms with van der Waals surface area (Å²) in [5.74, 6) is 5.02. The van der Waals surface area contributed by atoms with Crippen molar-refractivity contribution in [2.24, 2.45) is 0 Å². The first-order valence-electron chi connectivity index (χ1n) is 46.0. The van der Waals surface area contributed by atoms with Gasteiger partial charge in [0, 0.05) is 190 Å². The number of pyridine rings is 5. The number of urea groups is 5. The van der Waals surface area contributed by atoms with Gasteiger partial charge in [0.15, 0.2) is 11.6 Å². The highest BCUT2D eigenvalue weighted by molar-refractivity contribution is 9.10. The van der Waals surface area contributed by atoms with E-state index in [0.717, 1.165) is 115 Å². The number of aromatic nitrogens is 5. The Morgan fingerprint density at radius 2 is 0.682 bits per heavy atom. The van der Waals surface area contributed by atoms with Gasteiger partial charge in [0.2, 0.25) is 0 Å². The van der Waals surface area contributed by atoms with Crippen molar-refractivity contribution in [2.45, 2.75) is 143 Å². The lowest BCUT2D eigenvalue weighted by molar-refractivity contribution is 0.207. The van der Waals surface area contributed by atoms with Crippen molar-refractivity contribution in [3.8, 4) is 0 Å². The van der Waals surface area contributed by atoms with Crippen LogP contribution in [0.2, 0.25) is 15.1 Å². The second-order valence-electron chi connectivity index (χ2n) is 36.3. The van der Waals surface area contributed by atoms with Crippen LogP contribution in [0.3, 0.4) is 0 Å². The highest BCUT2D eigenvalue weighted by Crippen LogP contribution is 2.36. The number of carbonyl (C=O) groups is 5. The monoisotopic (exact) mass is 1910 g/mol. The second-order valence-corrected chi connectivity index (χ2v) is 38.4. The van der Waals surface area contributed by atoms with E-state index < -0.39 is 0 Å². The standard InChI is InChI=1S/C22H27ClN4O.C20H25BrN4O.2C20H25ClN4O.C20H25FN4O/c23-20-7-4-12-24-21(20)26-13-15-27(16-14-26)22(28)25-19-10-8-18(9-11-19)17-5-2-1-3-6-17;1-20(2,3)15-6-8-16(9-7-15)23-19(26)25-13-11-24(12-14-25)18-17(21)5-4-10-22-18;1-14(2)17-7-6-16(13-15(17)3)23-20(26)25-11-9-24(10-12-25)19-18(21)5-4-8-22-19;1-3-15(2)16-6-8-17(9-7-16)23-20(26)25-13-11-24(12-14-25)19-18(21)5-4-10-22-19;1-20(2,3)15-6-8-16(9-7-15)23-19(26)25-13-11-24(12-14-25)18-17(21)5-4-10-22-18/h4,7-12,17H,1-3,5-6,13-16H2,(H,25,28);4-10H,11-14H2,1-3H3,(H,23,26);4-8,13-14H,9-12H2,1-3H3,(H,23,26);4-10,15H,3,11-14H2,1-2H3,(H,23,26);4-10H,11-14H2,1-3H3,(H,23,26). The molecule has 5 aliphatic heterocycles. The molecule has 6 aliphatic rings. The van der Waals surface area contributed by atoms with Crippen LogP contribution in [0, 0.1) is 12.7 Å². The molecule has 1 saturated carbocycles. The lowest BCUT2D eigenvalue weighted by atomic mass is 9.84. The number of nitrogens with one attached hydrogen (secondary N) is 5. The number of hydrogen-bond donors (Lipinski definition) is 5. The molecule has 25 nitrogen and oxygen atoms in total. The van der Waals surface area contributed by atoms with Crippen LogP contribution < -0.4 is 51.1 Å². The van der Waals surface area contributed by atoms with Gasteiger partial charge in [-0.05, 0) is 225 Å². The van der Waals surface area contributed by atoms with Crippen LogP contribution in [-0.2, 0) is 10.8 Å². The second kappa shape index (κ2) is 47.7. The van der Waals surface area contributed by atoms with Crippen LogP contribution in [0.15, 0.2) is 211 Å². The number of nitrogens with zero attached hydrogens (tertiary/aromatic N) is 15. The topological polar surface area (TPSA) is 242 Å². The molecule has 6 fully saturated rings. The minimum atomic E-state index is -0.329. The van der Waals surface area contributed by atoms with Crippen molar-refractivity contribution >= 4 is 138 Å². The summed E-state index contributed by atoms with van der Waals surface area (Å²) < 4.78 is 14.8. The number of benzene rings is 5. The maximum absolute atomic E-state index is 13.8. The van der Waals surface area contributed by atoms with Crippen LogP contribution in [0.4, 0.5) is 85.9 Å². The van der Waals surface area contributed by atoms with Gasteiger partial charge < -0.3 is 75.6 Å². The minimum absolute atomic E-state index is 0.0443. The van der Waals surface area contributed by atoms with Crippen LogP contribution in [-0.4, -0.2) is 210 Å². The average Bonchev–Trinajstić information content (AvgIpc) is 0.747. The summed E-state index contributed by atoms with van der Waals surface area (Å²) in [6, 6.07) is 56.2. The molecule has 5 aromatic heterocycles. The lowest BCUT2D eigenvalue weighted by Crippen LogP contribution is -2.50. The summed E-state index contributed by atoms with van der Waals surface area (Å²) in [6.45, 7) is 37.1. The van der Waals surface area contributed by atoms with Gasteiger partial charge in [-0.1, -0.05) is 178 Å². The van der Waals surface area contributed by atoms with Crippen LogP contribution in [0.25, 0.3) is 0 Å². The van der Waals surface area contributed by atoms with E-state index >= 15 is 0 Å². The highest BCUT2D eigenvalue weighted by Gasteiger charge is 2.31. The Balaban J connectivity index is 0.000000149. The van der Waals surface area contributed by atoms with E-state index in [2.05, 4.69) is 206 Å². The van der Waals surface area contributed by atoms with Crippen molar-refractivity contribution in [2.75, 3.05) is 182 Å². The van der Waals surface area contributed by atoms with E-state index in [-0.39, 0.29) is 46.8 Å². The number of amides is 10. The molecule has 10 amide bonds. The molecule has 16 rings (SSSR count). The molecular formula is C102H127BrCl3FN20O5. The molecule has 5 aromatic carbocycles. The number of carbonyl (C=O) groups excluding carboxylic acids is 5. The van der Waals surface area contributed by atoms with Gasteiger partial charge in [-0.25, -0.2) is 53.3 Å². The Kier molecular flexibility index (Phi) is 36.0. The zero-order chi connectivity index (χ0) is 94.0. The van der Waals surface area contributed by atoms with Crippen LogP contribution >= 0.6 is 50.7 Å². The maximum atomic E-state index is 13.8. The molecule has 1 atom stereocenters. The van der Waals surface area contributed by atoms with Gasteiger partial charge in [-0.15, -0.1) is 0 Å². The quantitative estimate of drug-likeness (QED) is 0.0680. The summed E-state index contributed by atoms with van der Waals surface area (Å²) >= 11 is 22.2. The molecule has 0 radical (unpaired) electrons. The molecule has 0 bridgehead atoms. The number of halogens is 5. The van der Waals surface area contributed by atoms with Crippen LogP contribution in [0.5, 0.6) is 0 Å². The first kappa shape index (κ1) is 99.5. The minimum Gasteiger partial charge on any atom is -0.352 e. The van der Waals surface area contributed by atoms with Gasteiger partial charge in [0.25, 0.3) is 0 Å². The SMILES string of the molecule is CC(C)(C)c1ccc(NC(=O)N2CCN(c3ncccc3Br)CC2)cc1.CC(C)(C)c1ccc(NC(=O)N2CCN(c3ncccc3F)CC2)cc1.CCC(C)c1ccc(NC(=O)N2CCN(c3ncccc3Cl)CC2)cc1.Cc1cc(NC(=O)N2CCN(c3ncccc3Cl)CC2)ccc1C(C)C.O=C(Nc1ccc(C2CCCCC2)cc1)N1CCN(c2ncccc2Cl)CC1. The highest BCUT2D eigenvalue weighted by atomic mass is 79.9. The first-order chi connectivity index (χ1) is 63.4. The molecule has 5 N–H and O–H groups in total. The zero-order valence-electron chi connectivity index (χ0n) is 77.9. The van der Waals surface area contributed by atoms with E-state index in [1.807, 2.05) is 146 Å². The van der Waals surface area contributed by atoms with Gasteiger partial charge in [0.1, 0.15) is 23.3 Å². The molecule has 5 saturated heterocycles. The number of anilines is 10. The van der Waals surface area contributed by atoms with Crippen molar-refractivity contribution < 1.29 is 28.4 Å². The first-order valence-corrected chi connectivity index (χ1v) is 47.9. The number of aryl methyl sites for hydroxylation is 1. The van der Waals surface area contributed by atoms with Gasteiger partial charge in [-0.2, -0.15) is 0 Å². The summed E-state index contributed by atoms with van der Waals surface area (Å²) in [5, 5.41) is 16.9. The number of piperazine rings is 5. The molecule has 132 heavy (non-hydrogen) atoms. The Bertz CT molecular complexity index is 5270. The molecule has 1 unspecified atom stereocenters. The van der Waals surface area contributed by atoms with Crippen molar-refractivity contribution in [1.29, 1.82) is 0 Å². The Labute approximate surface area is 801 Å². The molecule has 10 aromatic rings. The maximum Gasteiger partial charge on any atom is 0.321 e. The third kappa shape index (κ3) is 28.3. The summed E-state index contributed by atoms with van der Waals surface area (Å²) in [6.07, 6.45) is 16.3. The molecule has 700 valence electrons. The smallest absolute Gasteiger partial charge is 0.321 e. The van der Waals surface area contributed by atoms with E-state index in [1.54, 1.807) is 42.0 Å². The van der Waals surface area contributed by atoms with Gasteiger partial charge in [0.05, 0.1) is 19.5 Å². The van der Waals surface area contributed by atoms with Gasteiger partial charge in [-0.3, -0.25) is 0 Å². The average molecular weight is 1920 g/mol. The normalized spacial score (nSPS) is 15.8. The Morgan fingerprint density at radius 1 is 0.386 bits per heavy atom. The predicted molar refractivity (Wildman–Crippen MR) is 541 cm³/mol. The molecular weight excluding hydrogens is 1790 g/mol. The fourth-order valence-corrected chi connectivity index (χ4v) is 17.8. The van der Waals surface area contributed by atoms with Crippen molar-refractivity contribution in [1.82, 2.24) is 49.4 Å². The summed E-state index contributed by atoms with van der Waals surface area (Å²) in [4.78, 5) is 104. The fourth-order valence-electron chi connectivity index (χ4n) is 16.6. The fraction of sp³-hybridized carbons (Fsp3) is 0.412. The van der Waals surface area contributed by atoms with E-state index in [4.69, 9.17) is 34.8 Å². The summed E-state index contributed by atoms with van der Waals surface area (Å²) in [5.41, 5.74) is 12.0. The van der Waals surface area contributed by atoms with E-state index in [1.165, 1.54) is 71.6 Å². The number of hydrogen-bond acceptors (Lipinski definition) is 15.